The van der Waals surface area contributed by atoms with Gasteiger partial charge in [-0.1, -0.05) is 0 Å². The van der Waals surface area contributed by atoms with Crippen molar-refractivity contribution < 1.29 is 0 Å². The van der Waals surface area contributed by atoms with Crippen LogP contribution in [0.4, 0.5) is 0 Å². The molecule has 4 rings (SSSR count). The maximum atomic E-state index is 4.93. The van der Waals surface area contributed by atoms with Gasteiger partial charge in [0, 0.05) is 19.2 Å². The van der Waals surface area contributed by atoms with Crippen molar-refractivity contribution in [3.8, 4) is 0 Å². The molecule has 0 spiro atoms. The fraction of sp³-hybridized carbons (Fsp3) is 0.647. The molecule has 2 aromatic rings. The topological polar surface area (TPSA) is 46.0 Å². The fourth-order valence-corrected chi connectivity index (χ4v) is 3.98. The van der Waals surface area contributed by atoms with Gasteiger partial charge in [-0.3, -0.25) is 0 Å². The first-order valence-electron chi connectivity index (χ1n) is 8.52. The maximum Gasteiger partial charge on any atom is 0.160 e. The van der Waals surface area contributed by atoms with E-state index in [1.54, 1.807) is 0 Å². The summed E-state index contributed by atoms with van der Waals surface area (Å²) in [5.74, 6) is 1.95. The van der Waals surface area contributed by atoms with Gasteiger partial charge in [-0.05, 0) is 64.0 Å². The second-order valence-corrected chi connectivity index (χ2v) is 6.87. The van der Waals surface area contributed by atoms with Gasteiger partial charge in [0.05, 0.1) is 6.04 Å². The third-order valence-corrected chi connectivity index (χ3v) is 5.12. The monoisotopic (exact) mass is 299 g/mol. The summed E-state index contributed by atoms with van der Waals surface area (Å²) in [6, 6.07) is 4.61. The Morgan fingerprint density at radius 3 is 3.09 bits per heavy atom. The summed E-state index contributed by atoms with van der Waals surface area (Å²) in [4.78, 5) is 12.0. The molecule has 118 valence electrons. The number of hydrogen-bond donors (Lipinski definition) is 1. The Morgan fingerprint density at radius 1 is 1.36 bits per heavy atom. The molecule has 0 radical (unpaired) electrons. The fourth-order valence-electron chi connectivity index (χ4n) is 3.98. The quantitative estimate of drug-likeness (QED) is 0.939. The van der Waals surface area contributed by atoms with Crippen molar-refractivity contribution in [3.05, 3.63) is 24.2 Å². The van der Waals surface area contributed by atoms with Crippen LogP contribution in [0, 0.1) is 5.92 Å². The first-order valence-corrected chi connectivity index (χ1v) is 8.52. The zero-order chi connectivity index (χ0) is 14.9. The molecule has 1 N–H and O–H groups in total. The lowest BCUT2D eigenvalue weighted by Gasteiger charge is -2.24. The Morgan fingerprint density at radius 2 is 2.32 bits per heavy atom. The number of nitrogens with one attached hydrogen (secondary N) is 1. The van der Waals surface area contributed by atoms with E-state index >= 15 is 0 Å². The van der Waals surface area contributed by atoms with Crippen LogP contribution in [-0.2, 0) is 6.42 Å². The smallest absolute Gasteiger partial charge is 0.160 e. The van der Waals surface area contributed by atoms with E-state index in [0.29, 0.717) is 12.0 Å². The van der Waals surface area contributed by atoms with Crippen molar-refractivity contribution in [2.75, 3.05) is 33.2 Å². The van der Waals surface area contributed by atoms with Crippen LogP contribution in [0.3, 0.4) is 0 Å². The molecule has 2 fully saturated rings. The Kier molecular flexibility index (Phi) is 3.84. The SMILES string of the molecule is CN1CCC(n2c(CC3CCCNC3)nc3cccnc32)C1. The largest absolute Gasteiger partial charge is 0.316 e. The Hall–Kier alpha value is -1.46. The minimum Gasteiger partial charge on any atom is -0.316 e. The van der Waals surface area contributed by atoms with E-state index < -0.39 is 0 Å². The lowest BCUT2D eigenvalue weighted by molar-refractivity contribution is 0.357. The van der Waals surface area contributed by atoms with Gasteiger partial charge in [0.25, 0.3) is 0 Å². The van der Waals surface area contributed by atoms with Gasteiger partial charge in [0.1, 0.15) is 11.3 Å². The average molecular weight is 299 g/mol. The van der Waals surface area contributed by atoms with Crippen LogP contribution in [-0.4, -0.2) is 52.7 Å². The molecule has 2 aliphatic rings. The second kappa shape index (κ2) is 5.97. The number of nitrogens with zero attached hydrogens (tertiary/aromatic N) is 4. The van der Waals surface area contributed by atoms with Crippen LogP contribution in [0.25, 0.3) is 11.2 Å². The lowest BCUT2D eigenvalue weighted by atomic mass is 9.96. The molecular weight excluding hydrogens is 274 g/mol. The Labute approximate surface area is 131 Å². The van der Waals surface area contributed by atoms with Gasteiger partial charge in [0.15, 0.2) is 5.65 Å². The average Bonchev–Trinajstić information content (AvgIpc) is 3.11. The van der Waals surface area contributed by atoms with E-state index in [-0.39, 0.29) is 0 Å². The van der Waals surface area contributed by atoms with Gasteiger partial charge in [-0.2, -0.15) is 0 Å². The molecule has 2 saturated heterocycles. The summed E-state index contributed by atoms with van der Waals surface area (Å²) in [5.41, 5.74) is 2.12. The molecule has 2 unspecified atom stereocenters. The van der Waals surface area contributed by atoms with Gasteiger partial charge < -0.3 is 14.8 Å². The predicted octanol–water partition coefficient (Wildman–Crippen LogP) is 1.85. The third-order valence-electron chi connectivity index (χ3n) is 5.12. The normalized spacial score (nSPS) is 26.8. The number of rotatable bonds is 3. The number of likely N-dealkylation sites (N-methyl/N-ethyl adjacent to an activating group) is 1. The van der Waals surface area contributed by atoms with Crippen molar-refractivity contribution in [2.45, 2.75) is 31.7 Å². The first-order chi connectivity index (χ1) is 10.8. The van der Waals surface area contributed by atoms with E-state index in [1.807, 2.05) is 12.3 Å². The molecule has 5 heteroatoms. The van der Waals surface area contributed by atoms with Crippen LogP contribution in [0.1, 0.15) is 31.1 Å². The number of likely N-dealkylation sites (tertiary alicyclic amines) is 1. The predicted molar refractivity (Wildman–Crippen MR) is 88.0 cm³/mol. The van der Waals surface area contributed by atoms with E-state index in [0.717, 1.165) is 30.7 Å². The summed E-state index contributed by atoms with van der Waals surface area (Å²) in [6.45, 7) is 4.57. The van der Waals surface area contributed by atoms with Gasteiger partial charge in [-0.15, -0.1) is 0 Å². The zero-order valence-electron chi connectivity index (χ0n) is 13.3. The molecule has 4 heterocycles. The van der Waals surface area contributed by atoms with E-state index in [4.69, 9.17) is 4.98 Å². The molecule has 5 nitrogen and oxygen atoms in total. The summed E-state index contributed by atoms with van der Waals surface area (Å²) >= 11 is 0. The molecular formula is C17H25N5. The molecule has 2 aliphatic heterocycles. The van der Waals surface area contributed by atoms with Crippen LogP contribution in [0.2, 0.25) is 0 Å². The second-order valence-electron chi connectivity index (χ2n) is 6.87. The van der Waals surface area contributed by atoms with E-state index in [2.05, 4.69) is 32.9 Å². The van der Waals surface area contributed by atoms with E-state index in [9.17, 15) is 0 Å². The molecule has 0 amide bonds. The van der Waals surface area contributed by atoms with Gasteiger partial charge >= 0.3 is 0 Å². The third kappa shape index (κ3) is 2.63. The highest BCUT2D eigenvalue weighted by Crippen LogP contribution is 2.28. The summed E-state index contributed by atoms with van der Waals surface area (Å²) < 4.78 is 2.44. The highest BCUT2D eigenvalue weighted by molar-refractivity contribution is 5.71. The number of aromatic nitrogens is 3. The van der Waals surface area contributed by atoms with Crippen molar-refractivity contribution >= 4 is 11.2 Å². The summed E-state index contributed by atoms with van der Waals surface area (Å²) in [7, 11) is 2.21. The highest BCUT2D eigenvalue weighted by atomic mass is 15.2. The van der Waals surface area contributed by atoms with Crippen molar-refractivity contribution in [3.63, 3.8) is 0 Å². The minimum atomic E-state index is 0.524. The van der Waals surface area contributed by atoms with Gasteiger partial charge in [0.2, 0.25) is 0 Å². The van der Waals surface area contributed by atoms with Crippen molar-refractivity contribution in [1.82, 2.24) is 24.8 Å². The van der Waals surface area contributed by atoms with Crippen LogP contribution < -0.4 is 5.32 Å². The first kappa shape index (κ1) is 14.2. The molecule has 0 bridgehead atoms. The molecule has 0 saturated carbocycles. The Balaban J connectivity index is 1.69. The van der Waals surface area contributed by atoms with Crippen molar-refractivity contribution in [2.24, 2.45) is 5.92 Å². The minimum absolute atomic E-state index is 0.524. The highest BCUT2D eigenvalue weighted by Gasteiger charge is 2.27. The standard InChI is InChI=1S/C17H25N5/c1-21-9-6-14(12-21)22-16(10-13-4-2-7-18-11-13)20-15-5-3-8-19-17(15)22/h3,5,8,13-14,18H,2,4,6-7,9-12H2,1H3. The van der Waals surface area contributed by atoms with Crippen LogP contribution in [0.5, 0.6) is 0 Å². The number of fused-ring (bicyclic) bond motifs is 1. The van der Waals surface area contributed by atoms with Gasteiger partial charge in [-0.25, -0.2) is 9.97 Å². The number of hydrogen-bond acceptors (Lipinski definition) is 4. The van der Waals surface area contributed by atoms with Crippen LogP contribution >= 0.6 is 0 Å². The molecule has 22 heavy (non-hydrogen) atoms. The Bertz CT molecular complexity index is 644. The van der Waals surface area contributed by atoms with Crippen LogP contribution in [0.15, 0.2) is 18.3 Å². The number of pyridine rings is 1. The number of imidazole rings is 1. The maximum absolute atomic E-state index is 4.93. The molecule has 0 aliphatic carbocycles. The lowest BCUT2D eigenvalue weighted by Crippen LogP contribution is -2.31. The summed E-state index contributed by atoms with van der Waals surface area (Å²) in [6.07, 6.45) is 6.77. The van der Waals surface area contributed by atoms with E-state index in [1.165, 1.54) is 38.2 Å². The zero-order valence-corrected chi connectivity index (χ0v) is 13.3. The summed E-state index contributed by atoms with van der Waals surface area (Å²) in [5, 5.41) is 3.52. The number of piperidine rings is 1. The molecule has 2 atom stereocenters. The van der Waals surface area contributed by atoms with Crippen molar-refractivity contribution in [1.29, 1.82) is 0 Å². The molecule has 2 aromatic heterocycles. The molecule has 0 aromatic carbocycles.